The Hall–Kier alpha value is -4.66. The van der Waals surface area contributed by atoms with Crippen LogP contribution >= 0.6 is 0 Å². The molecule has 230 valence electrons. The van der Waals surface area contributed by atoms with E-state index < -0.39 is 69.0 Å². The molecule has 1 aliphatic rings. The second kappa shape index (κ2) is 11.8. The fourth-order valence-electron chi connectivity index (χ4n) is 5.20. The van der Waals surface area contributed by atoms with Crippen LogP contribution in [0.5, 0.6) is 0 Å². The van der Waals surface area contributed by atoms with Crippen LogP contribution in [0.1, 0.15) is 39.8 Å². The fraction of sp³-hybridized carbons (Fsp3) is 0.241. The summed E-state index contributed by atoms with van der Waals surface area (Å²) in [6.07, 6.45) is -3.72. The topological polar surface area (TPSA) is 144 Å². The van der Waals surface area contributed by atoms with E-state index in [0.717, 1.165) is 10.7 Å². The quantitative estimate of drug-likeness (QED) is 0.152. The first-order valence-electron chi connectivity index (χ1n) is 13.2. The maximum atomic E-state index is 14.3. The lowest BCUT2D eigenvalue weighted by Crippen LogP contribution is -2.34. The number of pyridine rings is 1. The molecule has 0 unspecified atom stereocenters. The number of nitrogens with zero attached hydrogens (tertiary/aromatic N) is 3. The molecule has 1 aliphatic heterocycles. The van der Waals surface area contributed by atoms with Crippen LogP contribution in [0.3, 0.4) is 0 Å². The van der Waals surface area contributed by atoms with Crippen molar-refractivity contribution in [3.8, 4) is 11.1 Å². The van der Waals surface area contributed by atoms with Crippen LogP contribution in [0.4, 0.5) is 22.0 Å². The van der Waals surface area contributed by atoms with Gasteiger partial charge in [0.05, 0.1) is 28.8 Å². The van der Waals surface area contributed by atoms with Gasteiger partial charge in [-0.25, -0.2) is 17.2 Å². The minimum atomic E-state index is -4.94. The number of nitrogens with two attached hydrogens (primary N) is 1. The Bertz CT molecular complexity index is 1870. The molecule has 1 atom stereocenters. The number of alkyl halides is 3. The van der Waals surface area contributed by atoms with Crippen LogP contribution in [0.25, 0.3) is 11.1 Å². The number of hydrogen-bond acceptors (Lipinski definition) is 6. The summed E-state index contributed by atoms with van der Waals surface area (Å²) in [5.74, 6) is -3.74. The highest BCUT2D eigenvalue weighted by atomic mass is 32.2. The van der Waals surface area contributed by atoms with Gasteiger partial charge in [0.25, 0.3) is 0 Å². The molecule has 4 N–H and O–H groups in total. The number of aromatic nitrogens is 3. The van der Waals surface area contributed by atoms with Gasteiger partial charge < -0.3 is 11.1 Å². The number of fused-ring (bicyclic) bond motifs is 1. The Kier molecular flexibility index (Phi) is 8.25. The number of carbonyl (C=O) groups is 1. The minimum absolute atomic E-state index is 0.00517. The molecule has 0 saturated carbocycles. The molecule has 2 aromatic carbocycles. The van der Waals surface area contributed by atoms with E-state index in [1.807, 2.05) is 0 Å². The number of hydrogen-bond donors (Lipinski definition) is 3. The van der Waals surface area contributed by atoms with Crippen LogP contribution in [-0.4, -0.2) is 40.7 Å². The Balaban J connectivity index is 1.52. The summed E-state index contributed by atoms with van der Waals surface area (Å²) in [7, 11) is -3.77. The van der Waals surface area contributed by atoms with E-state index in [9.17, 15) is 35.2 Å². The first-order chi connectivity index (χ1) is 20.7. The number of nitrogen functional groups attached to an aromatic ring is 1. The monoisotopic (exact) mass is 632 g/mol. The van der Waals surface area contributed by atoms with Gasteiger partial charge in [-0.05, 0) is 47.9 Å². The number of benzene rings is 2. The second-order valence-electron chi connectivity index (χ2n) is 10.3. The van der Waals surface area contributed by atoms with Crippen molar-refractivity contribution >= 4 is 21.6 Å². The summed E-state index contributed by atoms with van der Waals surface area (Å²) in [6.45, 7) is -0.661. The lowest BCUT2D eigenvalue weighted by molar-refractivity contribution is -0.142. The fourth-order valence-corrected chi connectivity index (χ4v) is 6.59. The molecule has 0 bridgehead atoms. The molecule has 3 heterocycles. The molecule has 15 heteroatoms. The van der Waals surface area contributed by atoms with Gasteiger partial charge in [0.1, 0.15) is 24.0 Å². The van der Waals surface area contributed by atoms with Crippen molar-refractivity contribution in [2.45, 2.75) is 37.4 Å². The van der Waals surface area contributed by atoms with Gasteiger partial charge in [-0.3, -0.25) is 19.9 Å². The molecule has 44 heavy (non-hydrogen) atoms. The Labute approximate surface area is 248 Å². The molecule has 0 saturated heterocycles. The van der Waals surface area contributed by atoms with Crippen LogP contribution in [0.15, 0.2) is 60.8 Å². The average molecular weight is 633 g/mol. The predicted octanol–water partition coefficient (Wildman–Crippen LogP) is 4.10. The van der Waals surface area contributed by atoms with Gasteiger partial charge in [0, 0.05) is 29.4 Å². The van der Waals surface area contributed by atoms with Crippen molar-refractivity contribution in [1.29, 1.82) is 5.41 Å². The van der Waals surface area contributed by atoms with Crippen LogP contribution < -0.4 is 11.1 Å². The van der Waals surface area contributed by atoms with Crippen molar-refractivity contribution < 1.29 is 35.2 Å². The summed E-state index contributed by atoms with van der Waals surface area (Å²) < 4.78 is 94.6. The first-order valence-corrected chi connectivity index (χ1v) is 15.0. The van der Waals surface area contributed by atoms with E-state index >= 15 is 0 Å². The number of sulfone groups is 1. The summed E-state index contributed by atoms with van der Waals surface area (Å²) in [5.41, 5.74) is 5.13. The smallest absolute Gasteiger partial charge is 0.384 e. The number of amides is 1. The Morgan fingerprint density at radius 1 is 1.11 bits per heavy atom. The largest absolute Gasteiger partial charge is 0.435 e. The predicted molar refractivity (Wildman–Crippen MR) is 150 cm³/mol. The summed E-state index contributed by atoms with van der Waals surface area (Å²) in [5, 5.41) is 14.0. The number of nitrogens with one attached hydrogen (secondary N) is 2. The highest BCUT2D eigenvalue weighted by Crippen LogP contribution is 2.36. The van der Waals surface area contributed by atoms with Crippen LogP contribution in [-0.2, 0) is 45.9 Å². The molecule has 1 amide bonds. The molecular weight excluding hydrogens is 607 g/mol. The molecule has 0 radical (unpaired) electrons. The van der Waals surface area contributed by atoms with Gasteiger partial charge in [-0.2, -0.15) is 18.3 Å². The van der Waals surface area contributed by atoms with E-state index in [-0.39, 0.29) is 35.5 Å². The molecule has 9 nitrogen and oxygen atoms in total. The van der Waals surface area contributed by atoms with Crippen molar-refractivity contribution in [3.05, 3.63) is 106 Å². The SMILES string of the molecule is N=C(N)c1cc(-c2cccnc2[C@H](Cc2cccc(F)c2)NC(=O)Cn2nc(C(F)(F)F)c3c2CCS(=O)(=O)C3)ccc1F. The molecule has 2 aromatic heterocycles. The van der Waals surface area contributed by atoms with Crippen molar-refractivity contribution in [1.82, 2.24) is 20.1 Å². The number of halogens is 5. The Morgan fingerprint density at radius 3 is 2.59 bits per heavy atom. The van der Waals surface area contributed by atoms with Crippen LogP contribution in [0.2, 0.25) is 0 Å². The molecule has 5 rings (SSSR count). The van der Waals surface area contributed by atoms with Crippen molar-refractivity contribution in [2.24, 2.45) is 5.73 Å². The van der Waals surface area contributed by atoms with E-state index in [1.54, 1.807) is 18.2 Å². The zero-order valence-corrected chi connectivity index (χ0v) is 23.6. The molecular formula is C29H25F5N6O3S. The standard InChI is InChI=1S/C29H25F5N6O3S/c30-18-4-1-3-16(11-18)12-23(26-19(5-2-9-37-26)17-6-7-22(31)20(13-17)28(35)36)38-25(41)14-40-24-8-10-44(42,43)15-21(24)27(39-40)29(32,33)34/h1-7,9,11,13,23H,8,10,12,14-15H2,(H3,35,36)(H,38,41)/t23-/m0/s1. The normalized spacial score (nSPS) is 14.9. The van der Waals surface area contributed by atoms with Crippen molar-refractivity contribution in [3.63, 3.8) is 0 Å². The lowest BCUT2D eigenvalue weighted by atomic mass is 9.94. The maximum absolute atomic E-state index is 14.3. The minimum Gasteiger partial charge on any atom is -0.384 e. The van der Waals surface area contributed by atoms with Gasteiger partial charge >= 0.3 is 6.18 Å². The third-order valence-corrected chi connectivity index (χ3v) is 8.70. The van der Waals surface area contributed by atoms with Crippen molar-refractivity contribution in [2.75, 3.05) is 5.75 Å². The zero-order chi connectivity index (χ0) is 31.8. The van der Waals surface area contributed by atoms with Gasteiger partial charge in [-0.15, -0.1) is 0 Å². The molecule has 0 fully saturated rings. The third kappa shape index (κ3) is 6.61. The molecule has 0 aliphatic carbocycles. The summed E-state index contributed by atoms with van der Waals surface area (Å²) in [4.78, 5) is 17.8. The number of rotatable bonds is 8. The van der Waals surface area contributed by atoms with Crippen LogP contribution in [0, 0.1) is 17.0 Å². The third-order valence-electron chi connectivity index (χ3n) is 7.14. The van der Waals surface area contributed by atoms with E-state index in [1.165, 1.54) is 36.5 Å². The highest BCUT2D eigenvalue weighted by molar-refractivity contribution is 7.90. The van der Waals surface area contributed by atoms with E-state index in [0.29, 0.717) is 16.7 Å². The number of carbonyl (C=O) groups excluding carboxylic acids is 1. The van der Waals surface area contributed by atoms with Gasteiger partial charge in [0.2, 0.25) is 5.91 Å². The highest BCUT2D eigenvalue weighted by Gasteiger charge is 2.42. The van der Waals surface area contributed by atoms with Gasteiger partial charge in [-0.1, -0.05) is 24.3 Å². The zero-order valence-electron chi connectivity index (χ0n) is 22.8. The lowest BCUT2D eigenvalue weighted by Gasteiger charge is -2.22. The summed E-state index contributed by atoms with van der Waals surface area (Å²) >= 11 is 0. The molecule has 4 aromatic rings. The summed E-state index contributed by atoms with van der Waals surface area (Å²) in [6, 6.07) is 11.8. The average Bonchev–Trinajstić information content (AvgIpc) is 3.29. The first kappa shape index (κ1) is 30.8. The molecule has 0 spiro atoms. The maximum Gasteiger partial charge on any atom is 0.435 e. The van der Waals surface area contributed by atoms with E-state index in [2.05, 4.69) is 15.4 Å². The second-order valence-corrected chi connectivity index (χ2v) is 12.5. The van der Waals surface area contributed by atoms with E-state index in [4.69, 9.17) is 11.1 Å². The Morgan fingerprint density at radius 2 is 1.89 bits per heavy atom. The van der Waals surface area contributed by atoms with Gasteiger partial charge in [0.15, 0.2) is 15.5 Å². The number of amidine groups is 1.